The quantitative estimate of drug-likeness (QED) is 0.411. The molecule has 0 aliphatic rings. The van der Waals surface area contributed by atoms with Gasteiger partial charge in [-0.05, 0) is 14.1 Å². The topological polar surface area (TPSA) is 21.7 Å². The summed E-state index contributed by atoms with van der Waals surface area (Å²) in [4.78, 5) is 2.11. The van der Waals surface area contributed by atoms with Gasteiger partial charge in [-0.15, -0.1) is 0 Å². The maximum absolute atomic E-state index is 5.46. The van der Waals surface area contributed by atoms with Crippen LogP contribution >= 0.6 is 0 Å². The normalized spacial score (nSPS) is 12.4. The van der Waals surface area contributed by atoms with Crippen LogP contribution in [0, 0.1) is 0 Å². The fraction of sp³-hybridized carbons (Fsp3) is 1.00. The molecule has 0 aromatic rings. The monoisotopic (exact) mass is 219 g/mol. The van der Waals surface area contributed by atoms with Crippen LogP contribution in [0.25, 0.3) is 0 Å². The van der Waals surface area contributed by atoms with Crippen LogP contribution in [0.4, 0.5) is 0 Å². The Bertz CT molecular complexity index is 144. The predicted molar refractivity (Wildman–Crippen MR) is 63.1 cm³/mol. The molecule has 0 fully saturated rings. The molecular weight excluding hydrogens is 192 g/mol. The highest BCUT2D eigenvalue weighted by molar-refractivity contribution is 4.40. The van der Waals surface area contributed by atoms with Crippen LogP contribution in [0.5, 0.6) is 0 Å². The van der Waals surface area contributed by atoms with E-state index in [0.29, 0.717) is 13.2 Å². The number of ether oxygens (including phenoxy) is 2. The largest absolute Gasteiger partial charge is 0.378 e. The zero-order valence-electron chi connectivity index (χ0n) is 11.0. The predicted octanol–water partition coefficient (Wildman–Crippen LogP) is 0.287. The molecule has 4 nitrogen and oxygen atoms in total. The molecule has 0 atom stereocenters. The van der Waals surface area contributed by atoms with Gasteiger partial charge in [-0.2, -0.15) is 0 Å². The van der Waals surface area contributed by atoms with Crippen LogP contribution in [0.2, 0.25) is 0 Å². The van der Waals surface area contributed by atoms with Crippen molar-refractivity contribution in [3.8, 4) is 0 Å². The van der Waals surface area contributed by atoms with Gasteiger partial charge in [0.15, 0.2) is 0 Å². The van der Waals surface area contributed by atoms with E-state index < -0.39 is 0 Å². The molecule has 0 aromatic heterocycles. The Morgan fingerprint density at radius 2 is 1.40 bits per heavy atom. The van der Waals surface area contributed by atoms with E-state index >= 15 is 0 Å². The molecule has 0 aliphatic heterocycles. The summed E-state index contributed by atoms with van der Waals surface area (Å²) in [5.74, 6) is 0. The molecule has 0 saturated carbocycles. The minimum atomic E-state index is 0.699. The molecule has 0 amide bonds. The Balaban J connectivity index is 3.06. The summed E-state index contributed by atoms with van der Waals surface area (Å²) >= 11 is 0. The van der Waals surface area contributed by atoms with Crippen molar-refractivity contribution in [2.45, 2.75) is 0 Å². The first-order chi connectivity index (χ1) is 6.92. The third kappa shape index (κ3) is 13.8. The SMILES string of the molecule is CN(C)CCOCCOCC[N+](C)(C)C. The fourth-order valence-corrected chi connectivity index (χ4v) is 0.908. The number of hydrogen-bond acceptors (Lipinski definition) is 3. The van der Waals surface area contributed by atoms with Crippen molar-refractivity contribution in [3.05, 3.63) is 0 Å². The summed E-state index contributed by atoms with van der Waals surface area (Å²) in [7, 11) is 10.6. The lowest BCUT2D eigenvalue weighted by molar-refractivity contribution is -0.870. The highest BCUT2D eigenvalue weighted by atomic mass is 16.5. The molecule has 92 valence electrons. The zero-order valence-corrected chi connectivity index (χ0v) is 11.0. The zero-order chi connectivity index (χ0) is 11.7. The summed E-state index contributed by atoms with van der Waals surface area (Å²) in [5.41, 5.74) is 0. The van der Waals surface area contributed by atoms with Crippen molar-refractivity contribution in [2.75, 3.05) is 74.8 Å². The van der Waals surface area contributed by atoms with Crippen molar-refractivity contribution in [1.29, 1.82) is 0 Å². The van der Waals surface area contributed by atoms with E-state index in [-0.39, 0.29) is 0 Å². The Labute approximate surface area is 94.3 Å². The third-order valence-corrected chi connectivity index (χ3v) is 1.96. The molecule has 0 saturated heterocycles. The van der Waals surface area contributed by atoms with E-state index in [9.17, 15) is 0 Å². The van der Waals surface area contributed by atoms with E-state index in [1.54, 1.807) is 0 Å². The van der Waals surface area contributed by atoms with E-state index in [0.717, 1.165) is 30.8 Å². The van der Waals surface area contributed by atoms with Crippen molar-refractivity contribution in [3.63, 3.8) is 0 Å². The van der Waals surface area contributed by atoms with Crippen LogP contribution in [0.15, 0.2) is 0 Å². The van der Waals surface area contributed by atoms with Crippen LogP contribution in [0.3, 0.4) is 0 Å². The summed E-state index contributed by atoms with van der Waals surface area (Å²) in [6, 6.07) is 0. The lowest BCUT2D eigenvalue weighted by atomic mass is 10.5. The van der Waals surface area contributed by atoms with E-state index in [1.807, 2.05) is 14.1 Å². The number of rotatable bonds is 9. The lowest BCUT2D eigenvalue weighted by Gasteiger charge is -2.23. The van der Waals surface area contributed by atoms with Gasteiger partial charge >= 0.3 is 0 Å². The highest BCUT2D eigenvalue weighted by Crippen LogP contribution is 1.89. The second-order valence-electron chi connectivity index (χ2n) is 5.04. The number of hydrogen-bond donors (Lipinski definition) is 0. The minimum Gasteiger partial charge on any atom is -0.378 e. The Morgan fingerprint density at radius 3 is 1.87 bits per heavy atom. The minimum absolute atomic E-state index is 0.699. The van der Waals surface area contributed by atoms with Gasteiger partial charge in [-0.25, -0.2) is 0 Å². The van der Waals surface area contributed by atoms with Gasteiger partial charge in [-0.3, -0.25) is 0 Å². The van der Waals surface area contributed by atoms with Crippen LogP contribution in [-0.4, -0.2) is 84.1 Å². The van der Waals surface area contributed by atoms with Crippen LogP contribution < -0.4 is 0 Å². The molecule has 4 heteroatoms. The van der Waals surface area contributed by atoms with Crippen molar-refractivity contribution in [2.24, 2.45) is 0 Å². The molecule has 15 heavy (non-hydrogen) atoms. The second-order valence-corrected chi connectivity index (χ2v) is 5.04. The second kappa shape index (κ2) is 8.05. The summed E-state index contributed by atoms with van der Waals surface area (Å²) in [5, 5.41) is 0. The first-order valence-corrected chi connectivity index (χ1v) is 5.52. The van der Waals surface area contributed by atoms with Gasteiger partial charge in [0.05, 0.1) is 47.6 Å². The lowest BCUT2D eigenvalue weighted by Crippen LogP contribution is -2.37. The Hall–Kier alpha value is -0.160. The smallest absolute Gasteiger partial charge is 0.102 e. The summed E-state index contributed by atoms with van der Waals surface area (Å²) in [6.07, 6.45) is 0. The average Bonchev–Trinajstić information content (AvgIpc) is 2.07. The van der Waals surface area contributed by atoms with E-state index in [1.165, 1.54) is 0 Å². The molecule has 0 spiro atoms. The Kier molecular flexibility index (Phi) is 7.96. The molecule has 0 N–H and O–H groups in total. The van der Waals surface area contributed by atoms with Crippen LogP contribution in [0.1, 0.15) is 0 Å². The van der Waals surface area contributed by atoms with Gasteiger partial charge < -0.3 is 18.9 Å². The third-order valence-electron chi connectivity index (χ3n) is 1.96. The molecule has 0 radical (unpaired) electrons. The first-order valence-electron chi connectivity index (χ1n) is 5.52. The number of nitrogens with zero attached hydrogens (tertiary/aromatic N) is 2. The van der Waals surface area contributed by atoms with Gasteiger partial charge in [0, 0.05) is 6.54 Å². The highest BCUT2D eigenvalue weighted by Gasteiger charge is 2.05. The van der Waals surface area contributed by atoms with Gasteiger partial charge in [-0.1, -0.05) is 0 Å². The molecule has 0 bridgehead atoms. The fourth-order valence-electron chi connectivity index (χ4n) is 0.908. The van der Waals surface area contributed by atoms with Crippen molar-refractivity contribution in [1.82, 2.24) is 4.90 Å². The number of quaternary nitrogens is 1. The Morgan fingerprint density at radius 1 is 0.867 bits per heavy atom. The maximum Gasteiger partial charge on any atom is 0.102 e. The molecule has 0 rings (SSSR count). The van der Waals surface area contributed by atoms with Gasteiger partial charge in [0.2, 0.25) is 0 Å². The van der Waals surface area contributed by atoms with Crippen molar-refractivity contribution < 1.29 is 14.0 Å². The molecule has 0 unspecified atom stereocenters. The average molecular weight is 219 g/mol. The molecule has 0 heterocycles. The van der Waals surface area contributed by atoms with Gasteiger partial charge in [0.25, 0.3) is 0 Å². The molecule has 0 aliphatic carbocycles. The summed E-state index contributed by atoms with van der Waals surface area (Å²) < 4.78 is 11.8. The standard InChI is InChI=1S/C11H27N2O2/c1-12(2)6-8-14-10-11-15-9-7-13(3,4)5/h6-11H2,1-5H3/q+1. The molecule has 0 aromatic carbocycles. The first kappa shape index (κ1) is 14.8. The van der Waals surface area contributed by atoms with Crippen molar-refractivity contribution >= 4 is 0 Å². The van der Waals surface area contributed by atoms with Crippen LogP contribution in [-0.2, 0) is 9.47 Å². The van der Waals surface area contributed by atoms with E-state index in [4.69, 9.17) is 9.47 Å². The maximum atomic E-state index is 5.46. The number of likely N-dealkylation sites (N-methyl/N-ethyl adjacent to an activating group) is 2. The van der Waals surface area contributed by atoms with E-state index in [2.05, 4.69) is 26.0 Å². The van der Waals surface area contributed by atoms with Gasteiger partial charge in [0.1, 0.15) is 6.54 Å². The molecular formula is C11H27N2O2+. The summed E-state index contributed by atoms with van der Waals surface area (Å²) in [6.45, 7) is 5.00.